The number of benzene rings is 2. The molecule has 0 aliphatic rings. The van der Waals surface area contributed by atoms with Gasteiger partial charge in [-0.25, -0.2) is 9.82 Å². The quantitative estimate of drug-likeness (QED) is 0.160. The number of rotatable bonds is 7. The van der Waals surface area contributed by atoms with Gasteiger partial charge in [-0.15, -0.1) is 0 Å². The molecule has 0 aliphatic carbocycles. The van der Waals surface area contributed by atoms with Gasteiger partial charge >= 0.3 is 6.18 Å². The van der Waals surface area contributed by atoms with Gasteiger partial charge in [-0.1, -0.05) is 12.1 Å². The molecule has 4 aromatic rings. The van der Waals surface area contributed by atoms with Crippen molar-refractivity contribution in [1.82, 2.24) is 9.83 Å². The average Bonchev–Trinajstić information content (AvgIpc) is 3.13. The predicted octanol–water partition coefficient (Wildman–Crippen LogP) is 5.20. The summed E-state index contributed by atoms with van der Waals surface area (Å²) in [4.78, 5) is 25.3. The number of amides is 1. The highest BCUT2D eigenvalue weighted by Crippen LogP contribution is 2.30. The molecule has 0 bridgehead atoms. The van der Waals surface area contributed by atoms with Crippen molar-refractivity contribution >= 4 is 29.1 Å². The molecule has 0 fully saturated rings. The Bertz CT molecular complexity index is 1460. The van der Waals surface area contributed by atoms with Crippen LogP contribution in [0.4, 0.5) is 23.2 Å². The van der Waals surface area contributed by atoms with Gasteiger partial charge in [0, 0.05) is 23.0 Å². The Kier molecular flexibility index (Phi) is 6.86. The van der Waals surface area contributed by atoms with Crippen molar-refractivity contribution in [2.24, 2.45) is 5.10 Å². The molecule has 6 nitrogen and oxygen atoms in total. The number of halogens is 4. The minimum atomic E-state index is -4.49. The lowest BCUT2D eigenvalue weighted by molar-refractivity contribution is -0.137. The first-order valence-electron chi connectivity index (χ1n) is 10.8. The second kappa shape index (κ2) is 10.0. The van der Waals surface area contributed by atoms with Gasteiger partial charge in [0.25, 0.3) is 5.91 Å². The molecule has 0 aliphatic heterocycles. The summed E-state index contributed by atoms with van der Waals surface area (Å²) in [6.07, 6.45) is -1.37. The highest BCUT2D eigenvalue weighted by Gasteiger charge is 2.30. The van der Waals surface area contributed by atoms with E-state index >= 15 is 0 Å². The maximum absolute atomic E-state index is 13.3. The lowest BCUT2D eigenvalue weighted by Gasteiger charge is -2.10. The number of nitrogens with zero attached hydrogens (tertiary/aromatic N) is 2. The fourth-order valence-electron chi connectivity index (χ4n) is 3.73. The number of ketones is 1. The minimum absolute atomic E-state index is 0.141. The molecule has 0 saturated carbocycles. The van der Waals surface area contributed by atoms with Gasteiger partial charge in [0.05, 0.1) is 29.5 Å². The molecule has 10 heteroatoms. The van der Waals surface area contributed by atoms with Gasteiger partial charge in [0.2, 0.25) is 5.78 Å². The van der Waals surface area contributed by atoms with E-state index in [2.05, 4.69) is 15.8 Å². The predicted molar refractivity (Wildman–Crippen MR) is 128 cm³/mol. The molecular formula is C26H20F4N4O2. The van der Waals surface area contributed by atoms with Crippen LogP contribution in [0.3, 0.4) is 0 Å². The highest BCUT2D eigenvalue weighted by molar-refractivity contribution is 6.12. The summed E-state index contributed by atoms with van der Waals surface area (Å²) >= 11 is 0. The summed E-state index contributed by atoms with van der Waals surface area (Å²) in [5.41, 5.74) is 4.19. The summed E-state index contributed by atoms with van der Waals surface area (Å²) in [5.74, 6) is -1.33. The summed E-state index contributed by atoms with van der Waals surface area (Å²) < 4.78 is 53.5. The Morgan fingerprint density at radius 3 is 2.50 bits per heavy atom. The van der Waals surface area contributed by atoms with Crippen molar-refractivity contribution in [3.05, 3.63) is 107 Å². The number of aromatic nitrogens is 1. The fraction of sp³-hybridized carbons (Fsp3) is 0.115. The summed E-state index contributed by atoms with van der Waals surface area (Å²) in [6, 6.07) is 15.1. The number of nitrogens with one attached hydrogen (secondary N) is 2. The van der Waals surface area contributed by atoms with Crippen LogP contribution in [0.25, 0.3) is 5.52 Å². The van der Waals surface area contributed by atoms with Crippen LogP contribution in [0.2, 0.25) is 0 Å². The second-order valence-electron chi connectivity index (χ2n) is 7.90. The Balaban J connectivity index is 1.49. The first-order chi connectivity index (χ1) is 17.1. The van der Waals surface area contributed by atoms with Gasteiger partial charge in [-0.3, -0.25) is 9.59 Å². The maximum atomic E-state index is 13.3. The van der Waals surface area contributed by atoms with Gasteiger partial charge in [0.15, 0.2) is 0 Å². The highest BCUT2D eigenvalue weighted by atomic mass is 19.4. The number of carbonyl (C=O) groups is 2. The van der Waals surface area contributed by atoms with Crippen molar-refractivity contribution in [3.8, 4) is 0 Å². The number of hydrazone groups is 1. The summed E-state index contributed by atoms with van der Waals surface area (Å²) in [5, 5.41) is 6.59. The summed E-state index contributed by atoms with van der Waals surface area (Å²) in [6.45, 7) is 1.44. The molecule has 1 amide bonds. The van der Waals surface area contributed by atoms with Crippen molar-refractivity contribution in [2.45, 2.75) is 13.1 Å². The number of alkyl halides is 3. The smallest absolute Gasteiger partial charge is 0.376 e. The zero-order valence-corrected chi connectivity index (χ0v) is 18.9. The molecule has 0 radical (unpaired) electrons. The topological polar surface area (TPSA) is 75.0 Å². The van der Waals surface area contributed by atoms with Crippen molar-refractivity contribution in [2.75, 3.05) is 11.9 Å². The summed E-state index contributed by atoms with van der Waals surface area (Å²) in [7, 11) is 0. The van der Waals surface area contributed by atoms with Gasteiger partial charge < -0.3 is 9.72 Å². The van der Waals surface area contributed by atoms with E-state index in [1.165, 1.54) is 42.6 Å². The molecule has 0 atom stereocenters. The van der Waals surface area contributed by atoms with Gasteiger partial charge in [-0.05, 0) is 67.1 Å². The van der Waals surface area contributed by atoms with E-state index in [1.807, 2.05) is 0 Å². The average molecular weight is 496 g/mol. The second-order valence-corrected chi connectivity index (χ2v) is 7.90. The van der Waals surface area contributed by atoms with Crippen LogP contribution in [0.5, 0.6) is 0 Å². The number of anilines is 1. The monoisotopic (exact) mass is 496 g/mol. The van der Waals surface area contributed by atoms with E-state index in [4.69, 9.17) is 0 Å². The molecular weight excluding hydrogens is 476 g/mol. The van der Waals surface area contributed by atoms with Crippen LogP contribution >= 0.6 is 0 Å². The Labute approximate surface area is 203 Å². The third-order valence-electron chi connectivity index (χ3n) is 5.48. The lowest BCUT2D eigenvalue weighted by Crippen LogP contribution is -2.26. The molecule has 2 aromatic carbocycles. The van der Waals surface area contributed by atoms with Crippen LogP contribution in [0.15, 0.2) is 78.0 Å². The number of hydrogen-bond donors (Lipinski definition) is 2. The third-order valence-corrected chi connectivity index (χ3v) is 5.48. The van der Waals surface area contributed by atoms with Crippen molar-refractivity contribution < 1.29 is 27.2 Å². The van der Waals surface area contributed by atoms with Crippen LogP contribution < -0.4 is 10.7 Å². The normalized spacial score (nSPS) is 11.7. The lowest BCUT2D eigenvalue weighted by atomic mass is 10.0. The molecule has 36 heavy (non-hydrogen) atoms. The zero-order chi connectivity index (χ0) is 25.9. The SMILES string of the molecule is Cc1c(C=NNC(=O)CNc2cccc(C(F)(F)F)c2)c2ccccn2c1C(=O)c1ccc(F)cc1. The van der Waals surface area contributed by atoms with E-state index in [0.717, 1.165) is 12.1 Å². The molecule has 4 rings (SSSR count). The third kappa shape index (κ3) is 5.27. The van der Waals surface area contributed by atoms with E-state index in [9.17, 15) is 27.2 Å². The molecule has 2 N–H and O–H groups in total. The van der Waals surface area contributed by atoms with Crippen LogP contribution in [-0.4, -0.2) is 28.9 Å². The van der Waals surface area contributed by atoms with Crippen LogP contribution in [0, 0.1) is 12.7 Å². The molecule has 0 saturated heterocycles. The standard InChI is InChI=1S/C26H20F4N4O2/c1-16-21(14-32-33-23(35)15-31-20-6-4-5-18(13-20)26(28,29)30)22-7-2-3-12-34(22)24(16)25(36)17-8-10-19(27)11-9-17/h2-14,31H,15H2,1H3,(H,33,35). The molecule has 2 heterocycles. The number of fused-ring (bicyclic) bond motifs is 1. The Morgan fingerprint density at radius 1 is 1.03 bits per heavy atom. The maximum Gasteiger partial charge on any atom is 0.416 e. The largest absolute Gasteiger partial charge is 0.416 e. The van der Waals surface area contributed by atoms with Gasteiger partial charge in [0.1, 0.15) is 5.82 Å². The van der Waals surface area contributed by atoms with Crippen molar-refractivity contribution in [1.29, 1.82) is 0 Å². The fourth-order valence-corrected chi connectivity index (χ4v) is 3.73. The number of carbonyl (C=O) groups excluding carboxylic acids is 2. The van der Waals surface area contributed by atoms with Gasteiger partial charge in [-0.2, -0.15) is 18.3 Å². The molecule has 0 unspecified atom stereocenters. The number of hydrogen-bond acceptors (Lipinski definition) is 4. The van der Waals surface area contributed by atoms with Crippen LogP contribution in [0.1, 0.15) is 32.7 Å². The van der Waals surface area contributed by atoms with Crippen molar-refractivity contribution in [3.63, 3.8) is 0 Å². The first kappa shape index (κ1) is 24.6. The molecule has 0 spiro atoms. The molecule has 184 valence electrons. The van der Waals surface area contributed by atoms with E-state index in [0.29, 0.717) is 27.9 Å². The Morgan fingerprint density at radius 2 is 1.78 bits per heavy atom. The number of pyridine rings is 1. The Hall–Kier alpha value is -4.47. The van der Waals surface area contributed by atoms with E-state index < -0.39 is 23.5 Å². The van der Waals surface area contributed by atoms with Crippen LogP contribution in [-0.2, 0) is 11.0 Å². The van der Waals surface area contributed by atoms with E-state index in [1.54, 1.807) is 35.7 Å². The molecule has 2 aromatic heterocycles. The zero-order valence-electron chi connectivity index (χ0n) is 18.9. The van der Waals surface area contributed by atoms with E-state index in [-0.39, 0.29) is 18.0 Å². The first-order valence-corrected chi connectivity index (χ1v) is 10.8. The minimum Gasteiger partial charge on any atom is -0.376 e.